The van der Waals surface area contributed by atoms with Crippen LogP contribution in [0.5, 0.6) is 0 Å². The fraction of sp³-hybridized carbons (Fsp3) is 0.385. The van der Waals surface area contributed by atoms with Crippen LogP contribution < -0.4 is 4.72 Å². The quantitative estimate of drug-likeness (QED) is 0.834. The van der Waals surface area contributed by atoms with E-state index >= 15 is 0 Å². The topological polar surface area (TPSA) is 69.6 Å². The van der Waals surface area contributed by atoms with Crippen LogP contribution in [0, 0.1) is 12.7 Å². The van der Waals surface area contributed by atoms with E-state index in [1.165, 1.54) is 13.0 Å². The van der Waals surface area contributed by atoms with E-state index < -0.39 is 17.7 Å². The maximum absolute atomic E-state index is 13.8. The van der Waals surface area contributed by atoms with Crippen molar-refractivity contribution in [1.82, 2.24) is 9.03 Å². The summed E-state index contributed by atoms with van der Waals surface area (Å²) >= 11 is 1.16. The maximum Gasteiger partial charge on any atom is 0.336 e. The molecule has 108 valence electrons. The number of aryl methyl sites for hydroxylation is 1. The Morgan fingerprint density at radius 3 is 2.55 bits per heavy atom. The molecule has 1 saturated heterocycles. The maximum atomic E-state index is 13.8. The van der Waals surface area contributed by atoms with Crippen LogP contribution in [0.3, 0.4) is 0 Å². The highest BCUT2D eigenvalue weighted by Gasteiger charge is 2.19. The average molecular weight is 298 g/mol. The van der Waals surface area contributed by atoms with E-state index in [1.807, 2.05) is 4.31 Å². The zero-order chi connectivity index (χ0) is 14.7. The molecule has 0 radical (unpaired) electrons. The van der Waals surface area contributed by atoms with Crippen LogP contribution in [0.25, 0.3) is 0 Å². The zero-order valence-electron chi connectivity index (χ0n) is 11.0. The van der Waals surface area contributed by atoms with E-state index in [9.17, 15) is 14.0 Å². The lowest BCUT2D eigenvalue weighted by Gasteiger charge is -2.14. The number of carboxylic acid groups (broad SMARTS) is 1. The molecule has 1 aliphatic heterocycles. The number of aromatic carboxylic acids is 1. The van der Waals surface area contributed by atoms with Crippen molar-refractivity contribution in [3.63, 3.8) is 0 Å². The van der Waals surface area contributed by atoms with Crippen LogP contribution in [0.15, 0.2) is 12.1 Å². The van der Waals surface area contributed by atoms with Crippen molar-refractivity contribution >= 4 is 24.0 Å². The number of amides is 1. The first kappa shape index (κ1) is 14.8. The Kier molecular flexibility index (Phi) is 4.61. The average Bonchev–Trinajstić information content (AvgIpc) is 2.91. The van der Waals surface area contributed by atoms with Gasteiger partial charge < -0.3 is 5.11 Å². The molecule has 2 N–H and O–H groups in total. The van der Waals surface area contributed by atoms with Crippen molar-refractivity contribution < 1.29 is 19.1 Å². The van der Waals surface area contributed by atoms with E-state index in [1.54, 1.807) is 0 Å². The summed E-state index contributed by atoms with van der Waals surface area (Å²) in [6, 6.07) is 2.14. The van der Waals surface area contributed by atoms with Gasteiger partial charge in [0.05, 0.1) is 11.1 Å². The van der Waals surface area contributed by atoms with Crippen LogP contribution >= 0.6 is 12.1 Å². The monoisotopic (exact) mass is 298 g/mol. The van der Waals surface area contributed by atoms with Crippen molar-refractivity contribution in [3.8, 4) is 0 Å². The number of carbonyl (C=O) groups excluding carboxylic acids is 1. The summed E-state index contributed by atoms with van der Waals surface area (Å²) in [5.74, 6) is -2.59. The van der Waals surface area contributed by atoms with Crippen LogP contribution in [0.2, 0.25) is 0 Å². The first-order valence-electron chi connectivity index (χ1n) is 6.24. The van der Waals surface area contributed by atoms with Gasteiger partial charge in [0.15, 0.2) is 0 Å². The van der Waals surface area contributed by atoms with Gasteiger partial charge in [0.25, 0.3) is 5.91 Å². The number of nitrogens with one attached hydrogen (secondary N) is 1. The molecule has 0 spiro atoms. The Morgan fingerprint density at radius 1 is 1.30 bits per heavy atom. The molecule has 2 rings (SSSR count). The minimum Gasteiger partial charge on any atom is -0.478 e. The molecule has 7 heteroatoms. The van der Waals surface area contributed by atoms with Gasteiger partial charge in [-0.3, -0.25) is 9.52 Å². The number of carbonyl (C=O) groups is 2. The van der Waals surface area contributed by atoms with E-state index in [0.717, 1.165) is 44.1 Å². The highest BCUT2D eigenvalue weighted by Crippen LogP contribution is 2.19. The molecule has 0 atom stereocenters. The first-order chi connectivity index (χ1) is 9.49. The minimum absolute atomic E-state index is 0.133. The summed E-state index contributed by atoms with van der Waals surface area (Å²) in [4.78, 5) is 22.8. The molecule has 0 aliphatic carbocycles. The lowest BCUT2D eigenvalue weighted by molar-refractivity contribution is 0.0694. The van der Waals surface area contributed by atoms with Gasteiger partial charge in [-0.1, -0.05) is 0 Å². The SMILES string of the molecule is Cc1cc(C(=O)NSN2CCCC2)c(F)cc1C(=O)O. The van der Waals surface area contributed by atoms with Gasteiger partial charge in [-0.25, -0.2) is 13.5 Å². The summed E-state index contributed by atoms with van der Waals surface area (Å²) in [6.45, 7) is 3.32. The molecule has 1 aromatic carbocycles. The number of halogens is 1. The molecule has 5 nitrogen and oxygen atoms in total. The number of benzene rings is 1. The zero-order valence-corrected chi connectivity index (χ0v) is 11.8. The third-order valence-electron chi connectivity index (χ3n) is 3.12. The molecule has 0 bridgehead atoms. The lowest BCUT2D eigenvalue weighted by Crippen LogP contribution is -2.24. The predicted molar refractivity (Wildman–Crippen MR) is 74.0 cm³/mol. The molecule has 0 aromatic heterocycles. The largest absolute Gasteiger partial charge is 0.478 e. The summed E-state index contributed by atoms with van der Waals surface area (Å²) in [6.07, 6.45) is 2.17. The number of carboxylic acids is 1. The van der Waals surface area contributed by atoms with E-state index in [2.05, 4.69) is 4.72 Å². The number of nitrogens with zero attached hydrogens (tertiary/aromatic N) is 1. The Balaban J connectivity index is 2.09. The highest BCUT2D eigenvalue weighted by atomic mass is 32.2. The van der Waals surface area contributed by atoms with Gasteiger partial charge in [0.1, 0.15) is 5.82 Å². The molecule has 1 aliphatic rings. The minimum atomic E-state index is -1.21. The summed E-state index contributed by atoms with van der Waals surface area (Å²) < 4.78 is 18.4. The predicted octanol–water partition coefficient (Wildman–Crippen LogP) is 2.22. The second-order valence-electron chi connectivity index (χ2n) is 4.61. The van der Waals surface area contributed by atoms with Crippen LogP contribution in [0.1, 0.15) is 39.1 Å². The molecular formula is C13H15FN2O3S. The number of rotatable bonds is 4. The second kappa shape index (κ2) is 6.23. The molecular weight excluding hydrogens is 283 g/mol. The van der Waals surface area contributed by atoms with E-state index in [4.69, 9.17) is 5.11 Å². The van der Waals surface area contributed by atoms with E-state index in [-0.39, 0.29) is 11.1 Å². The second-order valence-corrected chi connectivity index (χ2v) is 5.51. The van der Waals surface area contributed by atoms with Crippen LogP contribution in [0.4, 0.5) is 4.39 Å². The number of hydrogen-bond acceptors (Lipinski definition) is 4. The lowest BCUT2D eigenvalue weighted by atomic mass is 10.0. The van der Waals surface area contributed by atoms with E-state index in [0.29, 0.717) is 5.56 Å². The molecule has 0 unspecified atom stereocenters. The molecule has 1 aromatic rings. The Hall–Kier alpha value is -1.60. The third-order valence-corrected chi connectivity index (χ3v) is 4.02. The van der Waals surface area contributed by atoms with Gasteiger partial charge in [0, 0.05) is 25.2 Å². The van der Waals surface area contributed by atoms with Crippen molar-refractivity contribution in [2.24, 2.45) is 0 Å². The molecule has 20 heavy (non-hydrogen) atoms. The standard InChI is InChI=1S/C13H15FN2O3S/c1-8-6-10(11(14)7-9(8)13(18)19)12(17)15-20-16-4-2-3-5-16/h6-7H,2-5H2,1H3,(H,15,17)(H,18,19). The highest BCUT2D eigenvalue weighted by molar-refractivity contribution is 7.95. The van der Waals surface area contributed by atoms with Crippen LogP contribution in [-0.4, -0.2) is 34.4 Å². The van der Waals surface area contributed by atoms with Gasteiger partial charge >= 0.3 is 5.97 Å². The molecule has 0 saturated carbocycles. The smallest absolute Gasteiger partial charge is 0.336 e. The van der Waals surface area contributed by atoms with Crippen molar-refractivity contribution in [2.75, 3.05) is 13.1 Å². The summed E-state index contributed by atoms with van der Waals surface area (Å²) in [5.41, 5.74) is 0.0839. The van der Waals surface area contributed by atoms with Gasteiger partial charge in [0.2, 0.25) is 0 Å². The third kappa shape index (κ3) is 3.29. The summed E-state index contributed by atoms with van der Waals surface area (Å²) in [7, 11) is 0. The van der Waals surface area contributed by atoms with Crippen molar-refractivity contribution in [1.29, 1.82) is 0 Å². The fourth-order valence-corrected chi connectivity index (χ4v) is 2.79. The fourth-order valence-electron chi connectivity index (χ4n) is 2.03. The van der Waals surface area contributed by atoms with Crippen LogP contribution in [-0.2, 0) is 0 Å². The molecule has 1 heterocycles. The normalized spacial score (nSPS) is 15.3. The first-order valence-corrected chi connectivity index (χ1v) is 7.02. The summed E-state index contributed by atoms with van der Waals surface area (Å²) in [5, 5.41) is 8.89. The van der Waals surface area contributed by atoms with Gasteiger partial charge in [-0.15, -0.1) is 0 Å². The molecule has 1 fully saturated rings. The van der Waals surface area contributed by atoms with Crippen molar-refractivity contribution in [2.45, 2.75) is 19.8 Å². The Morgan fingerprint density at radius 2 is 1.95 bits per heavy atom. The Bertz CT molecular complexity index is 545. The van der Waals surface area contributed by atoms with Gasteiger partial charge in [-0.2, -0.15) is 0 Å². The Labute approximate surface area is 120 Å². The van der Waals surface area contributed by atoms with Gasteiger partial charge in [-0.05, 0) is 37.5 Å². The molecule has 1 amide bonds. The van der Waals surface area contributed by atoms with Crippen molar-refractivity contribution in [3.05, 3.63) is 34.6 Å². The number of hydrogen-bond donors (Lipinski definition) is 2.